The minimum atomic E-state index is -0.00495. The predicted molar refractivity (Wildman–Crippen MR) is 54.1 cm³/mol. The number of aliphatic hydroxyl groups excluding tert-OH is 1. The normalized spacial score (nSPS) is 10.2. The van der Waals surface area contributed by atoms with E-state index in [0.717, 1.165) is 0 Å². The minimum absolute atomic E-state index is 0.00495. The highest BCUT2D eigenvalue weighted by molar-refractivity contribution is 5.76. The van der Waals surface area contributed by atoms with E-state index in [1.165, 1.54) is 0 Å². The Morgan fingerprint density at radius 2 is 2.21 bits per heavy atom. The van der Waals surface area contributed by atoms with Crippen molar-refractivity contribution in [3.8, 4) is 0 Å². The van der Waals surface area contributed by atoms with E-state index in [-0.39, 0.29) is 12.5 Å². The Kier molecular flexibility index (Phi) is 8.51. The lowest BCUT2D eigenvalue weighted by Gasteiger charge is -2.21. The maximum atomic E-state index is 11.5. The molecule has 0 rings (SSSR count). The largest absolute Gasteiger partial charge is 0.395 e. The molecule has 0 aromatic carbocycles. The summed E-state index contributed by atoms with van der Waals surface area (Å²) in [6.07, 6.45) is 0.459. The number of carbonyl (C=O) groups excluding carboxylic acids is 1. The summed E-state index contributed by atoms with van der Waals surface area (Å²) >= 11 is 0. The monoisotopic (exact) mass is 204 g/mol. The highest BCUT2D eigenvalue weighted by atomic mass is 16.5. The molecule has 0 aromatic rings. The van der Waals surface area contributed by atoms with Gasteiger partial charge in [0, 0.05) is 33.2 Å². The van der Waals surface area contributed by atoms with E-state index in [2.05, 4.69) is 5.32 Å². The van der Waals surface area contributed by atoms with E-state index < -0.39 is 0 Å². The van der Waals surface area contributed by atoms with Crippen molar-refractivity contribution in [2.45, 2.75) is 6.42 Å². The number of hydrogen-bond acceptors (Lipinski definition) is 4. The van der Waals surface area contributed by atoms with E-state index in [1.54, 1.807) is 19.1 Å². The Labute approximate surface area is 85.0 Å². The Hall–Kier alpha value is -0.650. The zero-order valence-electron chi connectivity index (χ0n) is 8.95. The van der Waals surface area contributed by atoms with Gasteiger partial charge < -0.3 is 20.1 Å². The Balaban J connectivity index is 3.84. The fourth-order valence-corrected chi connectivity index (χ4v) is 1.07. The second kappa shape index (κ2) is 8.93. The van der Waals surface area contributed by atoms with Crippen LogP contribution in [0.3, 0.4) is 0 Å². The molecule has 84 valence electrons. The molecule has 0 fully saturated rings. The van der Waals surface area contributed by atoms with Crippen molar-refractivity contribution >= 4 is 5.91 Å². The van der Waals surface area contributed by atoms with Crippen molar-refractivity contribution < 1.29 is 14.6 Å². The van der Waals surface area contributed by atoms with E-state index >= 15 is 0 Å². The van der Waals surface area contributed by atoms with Crippen molar-refractivity contribution in [2.75, 3.05) is 47.0 Å². The van der Waals surface area contributed by atoms with Gasteiger partial charge in [-0.3, -0.25) is 4.79 Å². The highest BCUT2D eigenvalue weighted by Crippen LogP contribution is 1.93. The maximum Gasteiger partial charge on any atom is 0.224 e. The van der Waals surface area contributed by atoms with E-state index in [1.807, 2.05) is 0 Å². The molecule has 0 aromatic heterocycles. The molecule has 1 amide bonds. The molecule has 0 unspecified atom stereocenters. The summed E-state index contributed by atoms with van der Waals surface area (Å²) in [4.78, 5) is 13.1. The quantitative estimate of drug-likeness (QED) is 0.536. The van der Waals surface area contributed by atoms with Gasteiger partial charge in [0.1, 0.15) is 0 Å². The number of amides is 1. The first-order valence-corrected chi connectivity index (χ1v) is 4.78. The van der Waals surface area contributed by atoms with Gasteiger partial charge in [-0.2, -0.15) is 0 Å². The van der Waals surface area contributed by atoms with Crippen LogP contribution in [0.4, 0.5) is 0 Å². The third-order valence-electron chi connectivity index (χ3n) is 1.88. The maximum absolute atomic E-state index is 11.5. The molecule has 0 saturated heterocycles. The molecule has 0 aliphatic heterocycles. The average molecular weight is 204 g/mol. The molecule has 0 heterocycles. The molecular formula is C9H20N2O3. The zero-order chi connectivity index (χ0) is 10.8. The highest BCUT2D eigenvalue weighted by Gasteiger charge is 2.11. The first-order valence-electron chi connectivity index (χ1n) is 4.78. The molecule has 5 heteroatoms. The molecule has 0 spiro atoms. The van der Waals surface area contributed by atoms with Crippen LogP contribution in [0.15, 0.2) is 0 Å². The van der Waals surface area contributed by atoms with Crippen LogP contribution in [0.25, 0.3) is 0 Å². The molecular weight excluding hydrogens is 184 g/mol. The number of nitrogens with zero attached hydrogens (tertiary/aromatic N) is 1. The van der Waals surface area contributed by atoms with Crippen LogP contribution in [-0.2, 0) is 9.53 Å². The van der Waals surface area contributed by atoms with Crippen molar-refractivity contribution in [1.82, 2.24) is 10.2 Å². The van der Waals surface area contributed by atoms with Gasteiger partial charge in [-0.25, -0.2) is 0 Å². The molecule has 0 bridgehead atoms. The molecule has 0 saturated carbocycles. The first-order chi connectivity index (χ1) is 6.76. The summed E-state index contributed by atoms with van der Waals surface area (Å²) in [5.74, 6) is 0.0467. The molecule has 0 radical (unpaired) electrons. The minimum Gasteiger partial charge on any atom is -0.395 e. The van der Waals surface area contributed by atoms with Gasteiger partial charge in [-0.1, -0.05) is 0 Å². The van der Waals surface area contributed by atoms with Gasteiger partial charge in [0.2, 0.25) is 5.91 Å². The number of rotatable bonds is 8. The first kappa shape index (κ1) is 13.4. The summed E-state index contributed by atoms with van der Waals surface area (Å²) < 4.78 is 4.88. The molecule has 0 aliphatic rings. The molecule has 2 N–H and O–H groups in total. The topological polar surface area (TPSA) is 61.8 Å². The lowest BCUT2D eigenvalue weighted by atomic mass is 10.3. The van der Waals surface area contributed by atoms with Crippen molar-refractivity contribution in [3.63, 3.8) is 0 Å². The van der Waals surface area contributed by atoms with Crippen LogP contribution >= 0.6 is 0 Å². The van der Waals surface area contributed by atoms with Crippen LogP contribution in [0.1, 0.15) is 6.42 Å². The lowest BCUT2D eigenvalue weighted by molar-refractivity contribution is -0.132. The van der Waals surface area contributed by atoms with Gasteiger partial charge in [0.25, 0.3) is 0 Å². The number of nitrogens with one attached hydrogen (secondary N) is 1. The van der Waals surface area contributed by atoms with Crippen LogP contribution < -0.4 is 5.32 Å². The lowest BCUT2D eigenvalue weighted by Crippen LogP contribution is -2.37. The smallest absolute Gasteiger partial charge is 0.224 e. The van der Waals surface area contributed by atoms with E-state index in [4.69, 9.17) is 9.84 Å². The zero-order valence-corrected chi connectivity index (χ0v) is 8.95. The fraction of sp³-hybridized carbons (Fsp3) is 0.889. The predicted octanol–water partition coefficient (Wildman–Crippen LogP) is -0.937. The molecule has 0 aliphatic carbocycles. The Morgan fingerprint density at radius 1 is 1.50 bits per heavy atom. The SMILES string of the molecule is CNCCC(=O)N(CCO)CCOC. The van der Waals surface area contributed by atoms with Crippen molar-refractivity contribution in [1.29, 1.82) is 0 Å². The van der Waals surface area contributed by atoms with Crippen LogP contribution in [0, 0.1) is 0 Å². The van der Waals surface area contributed by atoms with Crippen LogP contribution in [-0.4, -0.2) is 62.9 Å². The van der Waals surface area contributed by atoms with Crippen LogP contribution in [0.5, 0.6) is 0 Å². The van der Waals surface area contributed by atoms with Crippen molar-refractivity contribution in [3.05, 3.63) is 0 Å². The Bertz CT molecular complexity index is 153. The number of carbonyl (C=O) groups is 1. The van der Waals surface area contributed by atoms with Gasteiger partial charge in [0.15, 0.2) is 0 Å². The van der Waals surface area contributed by atoms with Crippen molar-refractivity contribution in [2.24, 2.45) is 0 Å². The van der Waals surface area contributed by atoms with Gasteiger partial charge >= 0.3 is 0 Å². The molecule has 5 nitrogen and oxygen atoms in total. The molecule has 14 heavy (non-hydrogen) atoms. The summed E-state index contributed by atoms with van der Waals surface area (Å²) in [6, 6.07) is 0. The number of ether oxygens (including phenoxy) is 1. The van der Waals surface area contributed by atoms with E-state index in [9.17, 15) is 4.79 Å². The number of methoxy groups -OCH3 is 1. The number of hydrogen-bond donors (Lipinski definition) is 2. The van der Waals surface area contributed by atoms with E-state index in [0.29, 0.717) is 32.7 Å². The van der Waals surface area contributed by atoms with Gasteiger partial charge in [0.05, 0.1) is 13.2 Å². The summed E-state index contributed by atoms with van der Waals surface area (Å²) in [5, 5.41) is 11.7. The van der Waals surface area contributed by atoms with Gasteiger partial charge in [-0.05, 0) is 7.05 Å². The third-order valence-corrected chi connectivity index (χ3v) is 1.88. The summed E-state index contributed by atoms with van der Waals surface area (Å²) in [7, 11) is 3.40. The fourth-order valence-electron chi connectivity index (χ4n) is 1.07. The average Bonchev–Trinajstić information content (AvgIpc) is 2.20. The van der Waals surface area contributed by atoms with Gasteiger partial charge in [-0.15, -0.1) is 0 Å². The number of aliphatic hydroxyl groups is 1. The molecule has 0 atom stereocenters. The Morgan fingerprint density at radius 3 is 2.71 bits per heavy atom. The summed E-state index contributed by atoms with van der Waals surface area (Å²) in [5.41, 5.74) is 0. The third kappa shape index (κ3) is 5.90. The second-order valence-electron chi connectivity index (χ2n) is 2.95. The van der Waals surface area contributed by atoms with Crippen LogP contribution in [0.2, 0.25) is 0 Å². The second-order valence-corrected chi connectivity index (χ2v) is 2.95. The summed E-state index contributed by atoms with van der Waals surface area (Å²) in [6.45, 7) is 2.08. The standard InChI is InChI=1S/C9H20N2O3/c1-10-4-3-9(13)11(5-7-12)6-8-14-2/h10,12H,3-8H2,1-2H3.